The second-order valence-corrected chi connectivity index (χ2v) is 7.21. The van der Waals surface area contributed by atoms with Gasteiger partial charge in [-0.3, -0.25) is 4.79 Å². The SMILES string of the molecule is COc1ccc(C(=O)N2CCn3cccc3[C@@H]2c2cc(OC)c(OC)c(OC)c2)cc1. The molecule has 0 bridgehead atoms. The van der Waals surface area contributed by atoms with Gasteiger partial charge in [0, 0.05) is 30.5 Å². The summed E-state index contributed by atoms with van der Waals surface area (Å²) >= 11 is 0. The zero-order valence-electron chi connectivity index (χ0n) is 18.1. The Hall–Kier alpha value is -3.61. The van der Waals surface area contributed by atoms with E-state index in [9.17, 15) is 4.79 Å². The second-order valence-electron chi connectivity index (χ2n) is 7.21. The van der Waals surface area contributed by atoms with Crippen molar-refractivity contribution in [1.82, 2.24) is 9.47 Å². The van der Waals surface area contributed by atoms with Crippen LogP contribution in [0.3, 0.4) is 0 Å². The first-order chi connectivity index (χ1) is 15.1. The van der Waals surface area contributed by atoms with Gasteiger partial charge in [0.15, 0.2) is 11.5 Å². The molecule has 0 saturated heterocycles. The molecule has 3 aromatic rings. The Kier molecular flexibility index (Phi) is 5.75. The fraction of sp³-hybridized carbons (Fsp3) is 0.292. The van der Waals surface area contributed by atoms with E-state index >= 15 is 0 Å². The summed E-state index contributed by atoms with van der Waals surface area (Å²) in [5.41, 5.74) is 2.52. The topological polar surface area (TPSA) is 62.2 Å². The highest BCUT2D eigenvalue weighted by molar-refractivity contribution is 5.95. The van der Waals surface area contributed by atoms with Gasteiger partial charge in [-0.15, -0.1) is 0 Å². The van der Waals surface area contributed by atoms with Gasteiger partial charge in [-0.25, -0.2) is 0 Å². The van der Waals surface area contributed by atoms with Crippen LogP contribution in [-0.4, -0.2) is 50.4 Å². The van der Waals surface area contributed by atoms with E-state index in [0.717, 1.165) is 17.8 Å². The normalized spacial score (nSPS) is 15.2. The lowest BCUT2D eigenvalue weighted by Gasteiger charge is -2.37. The van der Waals surface area contributed by atoms with Crippen molar-refractivity contribution in [2.45, 2.75) is 12.6 Å². The van der Waals surface area contributed by atoms with Crippen LogP contribution in [0.4, 0.5) is 0 Å². The third-order valence-corrected chi connectivity index (χ3v) is 5.64. The smallest absolute Gasteiger partial charge is 0.254 e. The Morgan fingerprint density at radius 3 is 2.13 bits per heavy atom. The molecule has 1 aliphatic heterocycles. The minimum absolute atomic E-state index is 0.0474. The van der Waals surface area contributed by atoms with Crippen molar-refractivity contribution >= 4 is 5.91 Å². The van der Waals surface area contributed by atoms with Gasteiger partial charge in [0.25, 0.3) is 5.91 Å². The highest BCUT2D eigenvalue weighted by Gasteiger charge is 2.34. The van der Waals surface area contributed by atoms with Gasteiger partial charge in [0.1, 0.15) is 5.75 Å². The summed E-state index contributed by atoms with van der Waals surface area (Å²) in [6.45, 7) is 1.30. The van der Waals surface area contributed by atoms with Crippen molar-refractivity contribution in [2.75, 3.05) is 35.0 Å². The quantitative estimate of drug-likeness (QED) is 0.605. The van der Waals surface area contributed by atoms with Crippen LogP contribution in [0.2, 0.25) is 0 Å². The number of carbonyl (C=O) groups excluding carboxylic acids is 1. The molecule has 0 unspecified atom stereocenters. The molecule has 2 heterocycles. The number of methoxy groups -OCH3 is 4. The van der Waals surface area contributed by atoms with Crippen molar-refractivity contribution in [3.63, 3.8) is 0 Å². The summed E-state index contributed by atoms with van der Waals surface area (Å²) < 4.78 is 24.0. The lowest BCUT2D eigenvalue weighted by Crippen LogP contribution is -2.42. The van der Waals surface area contributed by atoms with Crippen molar-refractivity contribution in [3.8, 4) is 23.0 Å². The van der Waals surface area contributed by atoms with E-state index < -0.39 is 0 Å². The van der Waals surface area contributed by atoms with Crippen LogP contribution in [0.25, 0.3) is 0 Å². The molecule has 162 valence electrons. The number of fused-ring (bicyclic) bond motifs is 1. The Balaban J connectivity index is 1.81. The van der Waals surface area contributed by atoms with Crippen LogP contribution in [-0.2, 0) is 6.54 Å². The maximum Gasteiger partial charge on any atom is 0.254 e. The van der Waals surface area contributed by atoms with Gasteiger partial charge < -0.3 is 28.4 Å². The number of rotatable bonds is 6. The maximum absolute atomic E-state index is 13.5. The van der Waals surface area contributed by atoms with Crippen molar-refractivity contribution < 1.29 is 23.7 Å². The van der Waals surface area contributed by atoms with Crippen LogP contribution in [0.1, 0.15) is 27.7 Å². The average Bonchev–Trinajstić information content (AvgIpc) is 3.31. The lowest BCUT2D eigenvalue weighted by molar-refractivity contribution is 0.0663. The minimum Gasteiger partial charge on any atom is -0.497 e. The first-order valence-corrected chi connectivity index (χ1v) is 10.0. The van der Waals surface area contributed by atoms with Gasteiger partial charge in [-0.1, -0.05) is 0 Å². The van der Waals surface area contributed by atoms with Gasteiger partial charge >= 0.3 is 0 Å². The standard InChI is InChI=1S/C24H26N2O5/c1-28-18-9-7-16(8-10-18)24(27)26-13-12-25-11-5-6-19(25)22(26)17-14-20(29-2)23(31-4)21(15-17)30-3/h5-11,14-15,22H,12-13H2,1-4H3/t22-/m0/s1. The number of hydrogen-bond acceptors (Lipinski definition) is 5. The zero-order chi connectivity index (χ0) is 22.0. The van der Waals surface area contributed by atoms with Crippen molar-refractivity contribution in [3.05, 3.63) is 71.5 Å². The molecule has 0 fully saturated rings. The molecular formula is C24H26N2O5. The predicted octanol–water partition coefficient (Wildman–Crippen LogP) is 3.77. The van der Waals surface area contributed by atoms with Crippen LogP contribution in [0.5, 0.6) is 23.0 Å². The lowest BCUT2D eigenvalue weighted by atomic mass is 9.97. The molecule has 7 heteroatoms. The van der Waals surface area contributed by atoms with E-state index in [2.05, 4.69) is 4.57 Å². The fourth-order valence-electron chi connectivity index (χ4n) is 4.11. The third kappa shape index (κ3) is 3.67. The molecule has 0 radical (unpaired) electrons. The Labute approximate surface area is 181 Å². The summed E-state index contributed by atoms with van der Waals surface area (Å²) in [6, 6.07) is 14.7. The summed E-state index contributed by atoms with van der Waals surface area (Å²) in [5, 5.41) is 0. The number of aromatic nitrogens is 1. The number of benzene rings is 2. The van der Waals surface area contributed by atoms with Crippen LogP contribution in [0.15, 0.2) is 54.7 Å². The van der Waals surface area contributed by atoms with Gasteiger partial charge in [0.05, 0.1) is 34.5 Å². The summed E-state index contributed by atoms with van der Waals surface area (Å²) in [7, 11) is 6.36. The molecular weight excluding hydrogens is 396 g/mol. The van der Waals surface area contributed by atoms with Gasteiger partial charge in [-0.05, 0) is 54.1 Å². The molecule has 31 heavy (non-hydrogen) atoms. The van der Waals surface area contributed by atoms with Crippen LogP contribution >= 0.6 is 0 Å². The molecule has 1 aliphatic rings. The summed E-state index contributed by atoms with van der Waals surface area (Å²) in [6.07, 6.45) is 2.04. The predicted molar refractivity (Wildman–Crippen MR) is 116 cm³/mol. The van der Waals surface area contributed by atoms with Crippen LogP contribution < -0.4 is 18.9 Å². The molecule has 0 N–H and O–H groups in total. The molecule has 0 saturated carbocycles. The fourth-order valence-corrected chi connectivity index (χ4v) is 4.11. The number of carbonyl (C=O) groups is 1. The third-order valence-electron chi connectivity index (χ3n) is 5.64. The summed E-state index contributed by atoms with van der Waals surface area (Å²) in [5.74, 6) is 2.29. The van der Waals surface area contributed by atoms with Crippen LogP contribution in [0, 0.1) is 0 Å². The Morgan fingerprint density at radius 1 is 0.871 bits per heavy atom. The van der Waals surface area contributed by atoms with E-state index in [0.29, 0.717) is 35.1 Å². The maximum atomic E-state index is 13.5. The number of amides is 1. The van der Waals surface area contributed by atoms with Gasteiger partial charge in [-0.2, -0.15) is 0 Å². The highest BCUT2D eigenvalue weighted by Crippen LogP contribution is 2.43. The van der Waals surface area contributed by atoms with E-state index in [1.165, 1.54) is 0 Å². The van der Waals surface area contributed by atoms with Crippen molar-refractivity contribution in [2.24, 2.45) is 0 Å². The van der Waals surface area contributed by atoms with E-state index in [1.807, 2.05) is 35.4 Å². The van der Waals surface area contributed by atoms with Crippen molar-refractivity contribution in [1.29, 1.82) is 0 Å². The van der Waals surface area contributed by atoms with E-state index in [4.69, 9.17) is 18.9 Å². The molecule has 2 aromatic carbocycles. The molecule has 0 aliphatic carbocycles. The second kappa shape index (κ2) is 8.63. The first kappa shape index (κ1) is 20.7. The minimum atomic E-state index is -0.299. The molecule has 1 atom stereocenters. The average molecular weight is 422 g/mol. The number of hydrogen-bond donors (Lipinski definition) is 0. The molecule has 1 amide bonds. The van der Waals surface area contributed by atoms with E-state index in [-0.39, 0.29) is 11.9 Å². The Bertz CT molecular complexity index is 1050. The van der Waals surface area contributed by atoms with Gasteiger partial charge in [0.2, 0.25) is 5.75 Å². The monoisotopic (exact) mass is 422 g/mol. The first-order valence-electron chi connectivity index (χ1n) is 10.0. The molecule has 1 aromatic heterocycles. The zero-order valence-corrected chi connectivity index (χ0v) is 18.1. The molecule has 0 spiro atoms. The molecule has 7 nitrogen and oxygen atoms in total. The highest BCUT2D eigenvalue weighted by atomic mass is 16.5. The number of nitrogens with zero attached hydrogens (tertiary/aromatic N) is 2. The number of ether oxygens (including phenoxy) is 4. The molecule has 4 rings (SSSR count). The Morgan fingerprint density at radius 2 is 1.55 bits per heavy atom. The van der Waals surface area contributed by atoms with E-state index in [1.54, 1.807) is 52.7 Å². The largest absolute Gasteiger partial charge is 0.497 e. The summed E-state index contributed by atoms with van der Waals surface area (Å²) in [4.78, 5) is 15.4.